The number of aliphatic carboxylic acids is 4. The molecule has 0 aliphatic carbocycles. The molecule has 0 saturated carbocycles. The summed E-state index contributed by atoms with van der Waals surface area (Å²) < 4.78 is 0. The molecular weight excluding hydrogens is 345 g/mol. The van der Waals surface area contributed by atoms with Gasteiger partial charge in [0.2, 0.25) is 0 Å². The first kappa shape index (κ1) is 18.0. The van der Waals surface area contributed by atoms with Gasteiger partial charge in [0.05, 0.1) is 23.9 Å². The van der Waals surface area contributed by atoms with Crippen LogP contribution in [0.5, 0.6) is 0 Å². The topological polar surface area (TPSA) is 161 Å². The molecule has 8 nitrogen and oxygen atoms in total. The fraction of sp³-hybridized carbons (Fsp3) is 0. The number of rotatable bonds is 0. The molecule has 0 rings (SSSR count). The third-order valence-corrected chi connectivity index (χ3v) is 0.333. The predicted molar refractivity (Wildman–Crippen MR) is 21.1 cm³/mol. The maximum atomic E-state index is 8.93. The van der Waals surface area contributed by atoms with Gasteiger partial charge in [-0.2, -0.15) is 0 Å². The van der Waals surface area contributed by atoms with Crippen LogP contribution in [-0.2, 0) is 19.2 Å². The summed E-state index contributed by atoms with van der Waals surface area (Å²) >= 11 is 0. The average molecular weight is 346 g/mol. The van der Waals surface area contributed by atoms with Crippen molar-refractivity contribution in [1.29, 1.82) is 0 Å². The van der Waals surface area contributed by atoms with E-state index in [9.17, 15) is 0 Å². The van der Waals surface area contributed by atoms with Crippen molar-refractivity contribution in [1.82, 2.24) is 0 Å². The summed E-state index contributed by atoms with van der Waals surface area (Å²) in [5.41, 5.74) is 0. The van der Waals surface area contributed by atoms with Gasteiger partial charge in [0.15, 0.2) is 0 Å². The molecule has 0 aliphatic heterocycles. The Kier molecular flexibility index (Phi) is 12.8. The first-order chi connectivity index (χ1) is 5.29. The van der Waals surface area contributed by atoms with Crippen molar-refractivity contribution in [2.75, 3.05) is 0 Å². The van der Waals surface area contributed by atoms with Gasteiger partial charge in [-0.15, -0.1) is 0 Å². The molecule has 0 saturated heterocycles. The molecule has 9 heteroatoms. The van der Waals surface area contributed by atoms with Gasteiger partial charge < -0.3 is 39.6 Å². The number of hydrogen-bond donors (Lipinski definition) is 0. The Morgan fingerprint density at radius 1 is 0.615 bits per heavy atom. The second-order valence-electron chi connectivity index (χ2n) is 1.15. The van der Waals surface area contributed by atoms with Crippen molar-refractivity contribution in [2.45, 2.75) is 0 Å². The molecule has 0 bridgehead atoms. The van der Waals surface area contributed by atoms with E-state index < -0.39 is 23.9 Å². The van der Waals surface area contributed by atoms with Gasteiger partial charge in [0.25, 0.3) is 0 Å². The van der Waals surface area contributed by atoms with Gasteiger partial charge in [0.1, 0.15) is 0 Å². The number of carboxylic acids is 4. The fourth-order valence-corrected chi connectivity index (χ4v) is 0. The third kappa shape index (κ3) is 18.2. The van der Waals surface area contributed by atoms with Crippen LogP contribution >= 0.6 is 0 Å². The Balaban J connectivity index is -0.0000000625. The minimum Gasteiger partial charge on any atom is -0.543 e. The number of carbonyl (C=O) groups excluding carboxylic acids is 4. The van der Waals surface area contributed by atoms with Crippen molar-refractivity contribution in [3.8, 4) is 0 Å². The Labute approximate surface area is 101 Å². The Morgan fingerprint density at radius 2 is 0.692 bits per heavy atom. The van der Waals surface area contributed by atoms with Crippen LogP contribution < -0.4 is 20.4 Å². The minimum absolute atomic E-state index is 0. The van der Waals surface area contributed by atoms with Crippen LogP contribution in [0.3, 0.4) is 0 Å². The van der Waals surface area contributed by atoms with Gasteiger partial charge in [-0.25, -0.2) is 0 Å². The van der Waals surface area contributed by atoms with Gasteiger partial charge in [0, 0.05) is 0 Å². The molecule has 0 aromatic heterocycles. The monoisotopic (exact) mass is 346 g/mol. The molecule has 0 heterocycles. The van der Waals surface area contributed by atoms with E-state index in [-0.39, 0.29) is 38.3 Å². The van der Waals surface area contributed by atoms with E-state index in [2.05, 4.69) is 0 Å². The van der Waals surface area contributed by atoms with E-state index in [1.165, 1.54) is 0 Å². The van der Waals surface area contributed by atoms with E-state index in [1.54, 1.807) is 0 Å². The summed E-state index contributed by atoms with van der Waals surface area (Å²) in [7, 11) is 0. The molecule has 0 radical (unpaired) electrons. The quantitative estimate of drug-likeness (QED) is 0.391. The van der Waals surface area contributed by atoms with E-state index in [0.29, 0.717) is 0 Å². The molecule has 0 aromatic rings. The Morgan fingerprint density at radius 3 is 0.692 bits per heavy atom. The number of carbonyl (C=O) groups is 4. The van der Waals surface area contributed by atoms with Crippen molar-refractivity contribution in [3.05, 3.63) is 0 Å². The van der Waals surface area contributed by atoms with E-state index >= 15 is 0 Å². The second-order valence-corrected chi connectivity index (χ2v) is 1.15. The summed E-state index contributed by atoms with van der Waals surface area (Å²) in [5.74, 6) is -8.74. The van der Waals surface area contributed by atoms with Crippen LogP contribution in [0.25, 0.3) is 0 Å². The van der Waals surface area contributed by atoms with Gasteiger partial charge in [-0.1, -0.05) is 0 Å². The molecule has 78 valence electrons. The van der Waals surface area contributed by atoms with Crippen LogP contribution in [0.15, 0.2) is 0 Å². The van der Waals surface area contributed by atoms with Gasteiger partial charge in [-0.05, 0) is 0 Å². The molecular formula is C4HO8Tm. The summed E-state index contributed by atoms with van der Waals surface area (Å²) in [4.78, 5) is 35.7. The standard InChI is InChI=1S/2C2H2O4.Tm/c2*3-1(4)2(5)6;/h2*(H,3,4)(H,5,6);/q;;+3/p-3. The molecule has 0 spiro atoms. The SMILES string of the molecule is O=C([O-])C(=O)[O-].O=C([O-])C(=O)[O-].[H+].[Tm+3]. The molecule has 0 unspecified atom stereocenters. The normalized spacial score (nSPS) is 6.77. The summed E-state index contributed by atoms with van der Waals surface area (Å²) in [6.45, 7) is 0. The summed E-state index contributed by atoms with van der Waals surface area (Å²) in [5, 5.41) is 35.7. The van der Waals surface area contributed by atoms with Crippen LogP contribution in [-0.4, -0.2) is 23.9 Å². The Bertz CT molecular complexity index is 177. The second kappa shape index (κ2) is 9.20. The van der Waals surface area contributed by atoms with E-state index in [4.69, 9.17) is 39.6 Å². The molecule has 0 atom stereocenters. The molecule has 13 heavy (non-hydrogen) atoms. The fourth-order valence-electron chi connectivity index (χ4n) is 0. The average Bonchev–Trinajstić information content (AvgIpc) is 1.88. The van der Waals surface area contributed by atoms with Crippen molar-refractivity contribution in [3.63, 3.8) is 0 Å². The minimum atomic E-state index is -2.19. The zero-order valence-corrected chi connectivity index (χ0v) is 7.32. The number of hydrogen-bond acceptors (Lipinski definition) is 8. The third-order valence-electron chi connectivity index (χ3n) is 0.333. The largest absolute Gasteiger partial charge is 3.00 e. The van der Waals surface area contributed by atoms with Crippen LogP contribution in [0.1, 0.15) is 1.43 Å². The van der Waals surface area contributed by atoms with Crippen LogP contribution in [0.4, 0.5) is 0 Å². The zero-order valence-electron chi connectivity index (χ0n) is 6.54. The predicted octanol–water partition coefficient (Wildman–Crippen LogP) is -6.92. The van der Waals surface area contributed by atoms with Crippen molar-refractivity contribution < 1.29 is 77.9 Å². The zero-order chi connectivity index (χ0) is 10.3. The summed E-state index contributed by atoms with van der Waals surface area (Å²) in [6, 6.07) is 0. The first-order valence-electron chi connectivity index (χ1n) is 2.13. The van der Waals surface area contributed by atoms with Gasteiger partial charge in [-0.3, -0.25) is 0 Å². The smallest absolute Gasteiger partial charge is 0.543 e. The Hall–Kier alpha value is -0.886. The van der Waals surface area contributed by atoms with E-state index in [1.807, 2.05) is 0 Å². The molecule has 0 aliphatic rings. The van der Waals surface area contributed by atoms with Crippen molar-refractivity contribution >= 4 is 23.9 Å². The maximum Gasteiger partial charge on any atom is 3.00 e. The van der Waals surface area contributed by atoms with E-state index in [0.717, 1.165) is 0 Å². The first-order valence-corrected chi connectivity index (χ1v) is 2.13. The van der Waals surface area contributed by atoms with Crippen molar-refractivity contribution in [2.24, 2.45) is 0 Å². The number of carboxylic acid groups (broad SMARTS) is 4. The van der Waals surface area contributed by atoms with Crippen LogP contribution in [0, 0.1) is 36.9 Å². The summed E-state index contributed by atoms with van der Waals surface area (Å²) in [6.07, 6.45) is 0. The maximum absolute atomic E-state index is 8.93. The van der Waals surface area contributed by atoms with Crippen LogP contribution in [0.2, 0.25) is 0 Å². The van der Waals surface area contributed by atoms with Gasteiger partial charge >= 0.3 is 38.3 Å². The molecule has 0 N–H and O–H groups in total. The molecule has 0 fully saturated rings. The molecule has 0 amide bonds. The molecule has 0 aromatic carbocycles.